The predicted molar refractivity (Wildman–Crippen MR) is 98.3 cm³/mol. The number of pyridine rings is 1. The third-order valence-electron chi connectivity index (χ3n) is 4.82. The highest BCUT2D eigenvalue weighted by molar-refractivity contribution is 5.76. The van der Waals surface area contributed by atoms with Crippen molar-refractivity contribution < 1.29 is 9.32 Å². The van der Waals surface area contributed by atoms with Gasteiger partial charge in [-0.3, -0.25) is 9.78 Å². The van der Waals surface area contributed by atoms with Gasteiger partial charge in [-0.2, -0.15) is 4.98 Å². The second-order valence-electron chi connectivity index (χ2n) is 7.15. The Labute approximate surface area is 154 Å². The molecule has 1 atom stereocenters. The molecular formula is C19H27N5O2. The van der Waals surface area contributed by atoms with E-state index >= 15 is 0 Å². The Morgan fingerprint density at radius 1 is 1.46 bits per heavy atom. The second kappa shape index (κ2) is 8.89. The van der Waals surface area contributed by atoms with Crippen LogP contribution in [-0.4, -0.2) is 51.6 Å². The summed E-state index contributed by atoms with van der Waals surface area (Å²) in [4.78, 5) is 23.0. The van der Waals surface area contributed by atoms with Crippen LogP contribution < -0.4 is 5.32 Å². The lowest BCUT2D eigenvalue weighted by Crippen LogP contribution is -2.43. The molecule has 7 nitrogen and oxygen atoms in total. The van der Waals surface area contributed by atoms with E-state index in [-0.39, 0.29) is 5.91 Å². The van der Waals surface area contributed by atoms with Crippen molar-refractivity contribution in [3.63, 3.8) is 0 Å². The van der Waals surface area contributed by atoms with E-state index in [0.29, 0.717) is 36.5 Å². The van der Waals surface area contributed by atoms with Gasteiger partial charge in [-0.05, 0) is 51.3 Å². The summed E-state index contributed by atoms with van der Waals surface area (Å²) in [6.07, 6.45) is 6.57. The molecule has 2 aromatic rings. The third kappa shape index (κ3) is 5.11. The number of piperidine rings is 1. The summed E-state index contributed by atoms with van der Waals surface area (Å²) in [7, 11) is 0. The lowest BCUT2D eigenvalue weighted by atomic mass is 9.97. The minimum Gasteiger partial charge on any atom is -0.356 e. The van der Waals surface area contributed by atoms with Crippen molar-refractivity contribution >= 4 is 5.91 Å². The van der Waals surface area contributed by atoms with Crippen molar-refractivity contribution in [1.29, 1.82) is 0 Å². The van der Waals surface area contributed by atoms with Gasteiger partial charge in [0.1, 0.15) is 0 Å². The SMILES string of the molecule is CC(C)N1CCC[C@@H](CNC(=O)CCc2nc(-c3cccnc3)no2)C1. The summed E-state index contributed by atoms with van der Waals surface area (Å²) in [6, 6.07) is 4.27. The van der Waals surface area contributed by atoms with Crippen LogP contribution in [0.25, 0.3) is 11.4 Å². The van der Waals surface area contributed by atoms with Crippen molar-refractivity contribution in [2.45, 2.75) is 45.6 Å². The van der Waals surface area contributed by atoms with E-state index in [1.165, 1.54) is 19.4 Å². The maximum absolute atomic E-state index is 12.1. The Bertz CT molecular complexity index is 701. The molecule has 1 saturated heterocycles. The first-order valence-electron chi connectivity index (χ1n) is 9.35. The number of rotatable bonds is 7. The van der Waals surface area contributed by atoms with Crippen LogP contribution in [0.5, 0.6) is 0 Å². The van der Waals surface area contributed by atoms with E-state index in [9.17, 15) is 4.79 Å². The van der Waals surface area contributed by atoms with E-state index in [1.807, 2.05) is 12.1 Å². The van der Waals surface area contributed by atoms with Gasteiger partial charge in [0.15, 0.2) is 0 Å². The van der Waals surface area contributed by atoms with Crippen LogP contribution in [0.1, 0.15) is 39.0 Å². The molecule has 140 valence electrons. The predicted octanol–water partition coefficient (Wildman–Crippen LogP) is 2.30. The molecule has 0 unspecified atom stereocenters. The number of aromatic nitrogens is 3. The Balaban J connectivity index is 1.41. The summed E-state index contributed by atoms with van der Waals surface area (Å²) in [5, 5.41) is 7.00. The van der Waals surface area contributed by atoms with Crippen molar-refractivity contribution in [2.24, 2.45) is 5.92 Å². The largest absolute Gasteiger partial charge is 0.356 e. The summed E-state index contributed by atoms with van der Waals surface area (Å²) in [5.41, 5.74) is 0.805. The topological polar surface area (TPSA) is 84.2 Å². The molecule has 0 aromatic carbocycles. The van der Waals surface area contributed by atoms with Crippen molar-refractivity contribution in [2.75, 3.05) is 19.6 Å². The van der Waals surface area contributed by atoms with E-state index in [2.05, 4.69) is 39.2 Å². The molecule has 1 aliphatic rings. The number of amides is 1. The van der Waals surface area contributed by atoms with Crippen molar-refractivity contribution in [3.8, 4) is 11.4 Å². The number of nitrogens with zero attached hydrogens (tertiary/aromatic N) is 4. The molecule has 7 heteroatoms. The van der Waals surface area contributed by atoms with Gasteiger partial charge in [-0.1, -0.05) is 5.16 Å². The maximum Gasteiger partial charge on any atom is 0.227 e. The fourth-order valence-corrected chi connectivity index (χ4v) is 3.27. The van der Waals surface area contributed by atoms with E-state index in [0.717, 1.165) is 18.7 Å². The first kappa shape index (κ1) is 18.5. The lowest BCUT2D eigenvalue weighted by molar-refractivity contribution is -0.121. The average Bonchev–Trinajstić information content (AvgIpc) is 3.15. The standard InChI is InChI=1S/C19H27N5O2/c1-14(2)24-10-4-5-15(13-24)11-21-17(25)7-8-18-22-19(23-26-18)16-6-3-9-20-12-16/h3,6,9,12,14-15H,4-5,7-8,10-11,13H2,1-2H3,(H,21,25)/t15-/m0/s1. The molecule has 1 N–H and O–H groups in total. The minimum absolute atomic E-state index is 0.0350. The molecular weight excluding hydrogens is 330 g/mol. The monoisotopic (exact) mass is 357 g/mol. The molecule has 1 aliphatic heterocycles. The molecule has 3 heterocycles. The van der Waals surface area contributed by atoms with E-state index in [4.69, 9.17) is 4.52 Å². The van der Waals surface area contributed by atoms with Gasteiger partial charge >= 0.3 is 0 Å². The number of hydrogen-bond acceptors (Lipinski definition) is 6. The van der Waals surface area contributed by atoms with Crippen LogP contribution >= 0.6 is 0 Å². The normalized spacial score (nSPS) is 18.2. The highest BCUT2D eigenvalue weighted by Gasteiger charge is 2.22. The minimum atomic E-state index is 0.0350. The van der Waals surface area contributed by atoms with Crippen LogP contribution in [0, 0.1) is 5.92 Å². The first-order valence-corrected chi connectivity index (χ1v) is 9.35. The molecule has 3 rings (SSSR count). The van der Waals surface area contributed by atoms with Gasteiger partial charge < -0.3 is 14.7 Å². The van der Waals surface area contributed by atoms with Crippen LogP contribution in [0.2, 0.25) is 0 Å². The Hall–Kier alpha value is -2.28. The van der Waals surface area contributed by atoms with Gasteiger partial charge in [-0.25, -0.2) is 0 Å². The number of aryl methyl sites for hydroxylation is 1. The molecule has 26 heavy (non-hydrogen) atoms. The molecule has 0 bridgehead atoms. The van der Waals surface area contributed by atoms with Gasteiger partial charge in [0.2, 0.25) is 17.6 Å². The Morgan fingerprint density at radius 3 is 3.12 bits per heavy atom. The molecule has 0 spiro atoms. The quantitative estimate of drug-likeness (QED) is 0.818. The highest BCUT2D eigenvalue weighted by atomic mass is 16.5. The molecule has 1 fully saturated rings. The van der Waals surface area contributed by atoms with Gasteiger partial charge in [0, 0.05) is 49.9 Å². The molecule has 1 amide bonds. The Kier molecular flexibility index (Phi) is 6.33. The van der Waals surface area contributed by atoms with Crippen molar-refractivity contribution in [3.05, 3.63) is 30.4 Å². The van der Waals surface area contributed by atoms with Crippen LogP contribution in [-0.2, 0) is 11.2 Å². The summed E-state index contributed by atoms with van der Waals surface area (Å²) in [6.45, 7) is 7.43. The van der Waals surface area contributed by atoms with Crippen LogP contribution in [0.15, 0.2) is 29.0 Å². The third-order valence-corrected chi connectivity index (χ3v) is 4.82. The molecule has 2 aromatic heterocycles. The zero-order valence-electron chi connectivity index (χ0n) is 15.5. The number of hydrogen-bond donors (Lipinski definition) is 1. The van der Waals surface area contributed by atoms with Crippen molar-refractivity contribution in [1.82, 2.24) is 25.3 Å². The lowest BCUT2D eigenvalue weighted by Gasteiger charge is -2.35. The number of nitrogens with one attached hydrogen (secondary N) is 1. The molecule has 0 saturated carbocycles. The van der Waals surface area contributed by atoms with Gasteiger partial charge in [0.05, 0.1) is 0 Å². The van der Waals surface area contributed by atoms with E-state index in [1.54, 1.807) is 12.4 Å². The number of likely N-dealkylation sites (tertiary alicyclic amines) is 1. The fraction of sp³-hybridized carbons (Fsp3) is 0.579. The highest BCUT2D eigenvalue weighted by Crippen LogP contribution is 2.18. The average molecular weight is 357 g/mol. The van der Waals surface area contributed by atoms with Crippen LogP contribution in [0.4, 0.5) is 0 Å². The number of carbonyl (C=O) groups is 1. The molecule has 0 radical (unpaired) electrons. The first-order chi connectivity index (χ1) is 12.6. The smallest absolute Gasteiger partial charge is 0.227 e. The maximum atomic E-state index is 12.1. The molecule has 0 aliphatic carbocycles. The van der Waals surface area contributed by atoms with Gasteiger partial charge in [-0.15, -0.1) is 0 Å². The Morgan fingerprint density at radius 2 is 2.35 bits per heavy atom. The van der Waals surface area contributed by atoms with Crippen LogP contribution in [0.3, 0.4) is 0 Å². The zero-order valence-corrected chi connectivity index (χ0v) is 15.5. The summed E-state index contributed by atoms with van der Waals surface area (Å²) in [5.74, 6) is 1.55. The zero-order chi connectivity index (χ0) is 18.4. The number of carbonyl (C=O) groups excluding carboxylic acids is 1. The van der Waals surface area contributed by atoms with Gasteiger partial charge in [0.25, 0.3) is 0 Å². The summed E-state index contributed by atoms with van der Waals surface area (Å²) >= 11 is 0. The van der Waals surface area contributed by atoms with E-state index < -0.39 is 0 Å². The second-order valence-corrected chi connectivity index (χ2v) is 7.15. The fourth-order valence-electron chi connectivity index (χ4n) is 3.27. The summed E-state index contributed by atoms with van der Waals surface area (Å²) < 4.78 is 5.23.